The van der Waals surface area contributed by atoms with Crippen LogP contribution >= 0.6 is 0 Å². The summed E-state index contributed by atoms with van der Waals surface area (Å²) in [5, 5.41) is 11.0. The van der Waals surface area contributed by atoms with Gasteiger partial charge in [0.1, 0.15) is 5.82 Å². The Morgan fingerprint density at radius 3 is 2.47 bits per heavy atom. The summed E-state index contributed by atoms with van der Waals surface area (Å²) in [7, 11) is 1.45. The predicted molar refractivity (Wildman–Crippen MR) is 139 cm³/mol. The minimum Gasteiger partial charge on any atom is -0.455 e. The predicted octanol–water partition coefficient (Wildman–Crippen LogP) is 1.02. The number of anilines is 2. The molecular weight excluding hydrogens is 492 g/mol. The van der Waals surface area contributed by atoms with Crippen molar-refractivity contribution in [2.24, 2.45) is 17.3 Å². The number of ether oxygens (including phenoxy) is 2. The fourth-order valence-corrected chi connectivity index (χ4v) is 7.12. The molecule has 11 heteroatoms. The number of benzene rings is 1. The van der Waals surface area contributed by atoms with Gasteiger partial charge in [0.25, 0.3) is 11.5 Å². The van der Waals surface area contributed by atoms with Gasteiger partial charge in [-0.3, -0.25) is 28.8 Å². The maximum Gasteiger partial charge on any atom is 0.330 e. The summed E-state index contributed by atoms with van der Waals surface area (Å²) >= 11 is 0. The lowest BCUT2D eigenvalue weighted by Crippen LogP contribution is -2.58. The van der Waals surface area contributed by atoms with Gasteiger partial charge in [-0.05, 0) is 55.9 Å². The van der Waals surface area contributed by atoms with E-state index in [1.165, 1.54) is 11.7 Å². The van der Waals surface area contributed by atoms with Crippen molar-refractivity contribution in [1.82, 2.24) is 9.55 Å². The lowest BCUT2D eigenvalue weighted by Gasteiger charge is -2.58. The molecule has 0 radical (unpaired) electrons. The molecule has 0 spiro atoms. The number of methoxy groups -OCH3 is 1. The zero-order valence-corrected chi connectivity index (χ0v) is 21.5. The van der Waals surface area contributed by atoms with E-state index in [0.717, 1.165) is 16.9 Å². The van der Waals surface area contributed by atoms with Crippen molar-refractivity contribution in [3.63, 3.8) is 0 Å². The average Bonchev–Trinajstić information content (AvgIpc) is 2.86. The smallest absolute Gasteiger partial charge is 0.330 e. The highest BCUT2D eigenvalue weighted by Gasteiger charge is 2.61. The fraction of sp³-hybridized carbons (Fsp3) is 0.556. The van der Waals surface area contributed by atoms with Crippen molar-refractivity contribution in [1.29, 1.82) is 0 Å². The molecule has 0 saturated heterocycles. The van der Waals surface area contributed by atoms with Gasteiger partial charge in [-0.2, -0.15) is 0 Å². The van der Waals surface area contributed by atoms with Gasteiger partial charge in [-0.15, -0.1) is 0 Å². The van der Waals surface area contributed by atoms with Gasteiger partial charge in [-0.1, -0.05) is 30.3 Å². The van der Waals surface area contributed by atoms with E-state index in [4.69, 9.17) is 15.2 Å². The number of aromatic nitrogens is 2. The third kappa shape index (κ3) is 4.88. The number of rotatable bonds is 9. The molecule has 4 fully saturated rings. The number of amides is 1. The molecular formula is C27H34N4O7. The Bertz CT molecular complexity index is 1320. The lowest BCUT2D eigenvalue weighted by atomic mass is 9.48. The van der Waals surface area contributed by atoms with E-state index in [2.05, 4.69) is 4.98 Å². The second kappa shape index (κ2) is 10.0. The second-order valence-electron chi connectivity index (χ2n) is 11.1. The van der Waals surface area contributed by atoms with Gasteiger partial charge in [0.05, 0.1) is 24.2 Å². The number of aromatic amines is 1. The molecule has 1 amide bonds. The topological polar surface area (TPSA) is 157 Å². The van der Waals surface area contributed by atoms with Crippen LogP contribution in [0.1, 0.15) is 44.1 Å². The molecule has 4 saturated carbocycles. The third-order valence-corrected chi connectivity index (χ3v) is 8.28. The molecule has 2 atom stereocenters. The summed E-state index contributed by atoms with van der Waals surface area (Å²) in [6, 6.07) is 9.09. The number of H-pyrrole nitrogens is 1. The van der Waals surface area contributed by atoms with Crippen LogP contribution in [0.15, 0.2) is 39.9 Å². The Morgan fingerprint density at radius 1 is 1.16 bits per heavy atom. The summed E-state index contributed by atoms with van der Waals surface area (Å²) < 4.78 is 11.8. The Labute approximate surface area is 219 Å². The van der Waals surface area contributed by atoms with E-state index in [0.29, 0.717) is 32.1 Å². The zero-order valence-electron chi connectivity index (χ0n) is 21.5. The first-order valence-corrected chi connectivity index (χ1v) is 13.0. The van der Waals surface area contributed by atoms with Crippen molar-refractivity contribution in [3.05, 3.63) is 56.7 Å². The summed E-state index contributed by atoms with van der Waals surface area (Å²) in [4.78, 5) is 55.4. The first kappa shape index (κ1) is 26.2. The number of nitrogen functional groups attached to an aromatic ring is 1. The summed E-state index contributed by atoms with van der Waals surface area (Å²) in [6.07, 6.45) is 4.10. The van der Waals surface area contributed by atoms with Crippen LogP contribution in [0.5, 0.6) is 0 Å². The molecule has 1 aromatic heterocycles. The van der Waals surface area contributed by atoms with Gasteiger partial charge in [-0.25, -0.2) is 4.79 Å². The highest BCUT2D eigenvalue weighted by atomic mass is 16.5. The van der Waals surface area contributed by atoms with Crippen LogP contribution in [0.2, 0.25) is 0 Å². The third-order valence-electron chi connectivity index (χ3n) is 8.28. The Hall–Kier alpha value is -3.44. The Balaban J connectivity index is 1.37. The van der Waals surface area contributed by atoms with Crippen LogP contribution in [0.4, 0.5) is 11.5 Å². The highest BCUT2D eigenvalue weighted by molar-refractivity contribution is 5.97. The van der Waals surface area contributed by atoms with Crippen molar-refractivity contribution in [3.8, 4) is 0 Å². The molecule has 11 nitrogen and oxygen atoms in total. The molecule has 4 aliphatic carbocycles. The number of carbonyl (C=O) groups is 2. The number of nitrogens with zero attached hydrogens (tertiary/aromatic N) is 2. The first-order chi connectivity index (χ1) is 18.1. The lowest BCUT2D eigenvalue weighted by molar-refractivity contribution is -0.196. The second-order valence-corrected chi connectivity index (χ2v) is 11.1. The van der Waals surface area contributed by atoms with E-state index >= 15 is 0 Å². The first-order valence-electron chi connectivity index (χ1n) is 13.0. The summed E-state index contributed by atoms with van der Waals surface area (Å²) in [5.41, 5.74) is 3.71. The monoisotopic (exact) mass is 526 g/mol. The van der Waals surface area contributed by atoms with E-state index in [-0.39, 0.29) is 43.0 Å². The largest absolute Gasteiger partial charge is 0.455 e. The van der Waals surface area contributed by atoms with Crippen molar-refractivity contribution in [2.75, 3.05) is 37.5 Å². The van der Waals surface area contributed by atoms with Crippen LogP contribution in [0, 0.1) is 17.3 Å². The van der Waals surface area contributed by atoms with Crippen molar-refractivity contribution in [2.45, 2.75) is 50.7 Å². The molecule has 0 aliphatic heterocycles. The average molecular weight is 527 g/mol. The molecule has 204 valence electrons. The van der Waals surface area contributed by atoms with E-state index in [9.17, 15) is 24.3 Å². The SMILES string of the molecule is COCCN(C(=O)COC(=O)C12C[C@@H]3C[C@H](CC(O)(C3)C1)C2)c1c(N)n(Cc2ccccc2)c(=O)[nH]c1=O. The van der Waals surface area contributed by atoms with Crippen LogP contribution in [-0.2, 0) is 25.6 Å². The van der Waals surface area contributed by atoms with Gasteiger partial charge in [0, 0.05) is 13.7 Å². The molecule has 38 heavy (non-hydrogen) atoms. The normalized spacial score (nSPS) is 27.3. The highest BCUT2D eigenvalue weighted by Crippen LogP contribution is 2.62. The van der Waals surface area contributed by atoms with Crippen LogP contribution in [0.3, 0.4) is 0 Å². The number of nitrogens with two attached hydrogens (primary N) is 1. The fourth-order valence-electron chi connectivity index (χ4n) is 7.12. The number of carbonyl (C=O) groups excluding carboxylic acids is 2. The molecule has 4 aliphatic rings. The minimum atomic E-state index is -0.841. The summed E-state index contributed by atoms with van der Waals surface area (Å²) in [6.45, 7) is -0.478. The van der Waals surface area contributed by atoms with Gasteiger partial charge in [0.15, 0.2) is 12.3 Å². The Morgan fingerprint density at radius 2 is 1.84 bits per heavy atom. The summed E-state index contributed by atoms with van der Waals surface area (Å²) in [5.74, 6) is -0.762. The van der Waals surface area contributed by atoms with Crippen molar-refractivity contribution < 1.29 is 24.2 Å². The molecule has 1 heterocycles. The number of esters is 1. The number of nitrogens with one attached hydrogen (secondary N) is 1. The number of aliphatic hydroxyl groups is 1. The maximum atomic E-state index is 13.4. The molecule has 6 rings (SSSR count). The van der Waals surface area contributed by atoms with Crippen LogP contribution in [-0.4, -0.2) is 59.0 Å². The molecule has 4 bridgehead atoms. The molecule has 2 aromatic rings. The van der Waals surface area contributed by atoms with Crippen LogP contribution < -0.4 is 21.9 Å². The quantitative estimate of drug-likeness (QED) is 0.409. The van der Waals surface area contributed by atoms with Gasteiger partial charge < -0.3 is 20.3 Å². The van der Waals surface area contributed by atoms with Crippen molar-refractivity contribution >= 4 is 23.4 Å². The van der Waals surface area contributed by atoms with E-state index in [1.807, 2.05) is 30.3 Å². The van der Waals surface area contributed by atoms with Gasteiger partial charge >= 0.3 is 11.7 Å². The minimum absolute atomic E-state index is 0.0429. The molecule has 1 aromatic carbocycles. The molecule has 4 N–H and O–H groups in total. The van der Waals surface area contributed by atoms with E-state index in [1.54, 1.807) is 0 Å². The number of hydrogen-bond donors (Lipinski definition) is 3. The molecule has 0 unspecified atom stereocenters. The van der Waals surface area contributed by atoms with E-state index < -0.39 is 40.7 Å². The zero-order chi connectivity index (χ0) is 27.1. The Kier molecular flexibility index (Phi) is 6.91. The van der Waals surface area contributed by atoms with Gasteiger partial charge in [0.2, 0.25) is 0 Å². The number of hydrogen-bond acceptors (Lipinski definition) is 8. The van der Waals surface area contributed by atoms with Crippen LogP contribution in [0.25, 0.3) is 0 Å². The standard InChI is InChI=1S/C27H34N4O7/c1-37-8-7-30(21-22(28)31(25(35)29-23(21)33)14-17-5-3-2-4-6-17)20(32)15-38-24(34)26-10-18-9-19(11-26)13-27(36,12-18)16-26/h2-6,18-19,36H,7-16,28H2,1H3,(H,29,33,35)/t18-,19-,26?,27?/m0/s1. The maximum absolute atomic E-state index is 13.4.